The van der Waals surface area contributed by atoms with Crippen LogP contribution in [0.2, 0.25) is 0 Å². The molecule has 1 saturated heterocycles. The van der Waals surface area contributed by atoms with Crippen molar-refractivity contribution in [3.8, 4) is 0 Å². The summed E-state index contributed by atoms with van der Waals surface area (Å²) in [5, 5.41) is 6.70. The minimum Gasteiger partial charge on any atom is -0.314 e. The van der Waals surface area contributed by atoms with Crippen LogP contribution < -0.4 is 10.6 Å². The minimum absolute atomic E-state index is 0.216. The third-order valence-corrected chi connectivity index (χ3v) is 2.70. The fourth-order valence-corrected chi connectivity index (χ4v) is 1.78. The average Bonchev–Trinajstić information content (AvgIpc) is 2.24. The predicted octanol–water partition coefficient (Wildman–Crippen LogP) is 0.159. The van der Waals surface area contributed by atoms with E-state index in [1.54, 1.807) is 0 Å². The van der Waals surface area contributed by atoms with Gasteiger partial charge in [-0.1, -0.05) is 0 Å². The summed E-state index contributed by atoms with van der Waals surface area (Å²) >= 11 is 0. The van der Waals surface area contributed by atoms with Gasteiger partial charge < -0.3 is 15.5 Å². The van der Waals surface area contributed by atoms with Crippen molar-refractivity contribution in [1.29, 1.82) is 0 Å². The van der Waals surface area contributed by atoms with Gasteiger partial charge in [-0.15, -0.1) is 0 Å². The van der Waals surface area contributed by atoms with E-state index in [-0.39, 0.29) is 6.10 Å². The van der Waals surface area contributed by atoms with Gasteiger partial charge in [0.25, 0.3) is 0 Å². The summed E-state index contributed by atoms with van der Waals surface area (Å²) < 4.78 is 12.0. The molecule has 15 heavy (non-hydrogen) atoms. The van der Waals surface area contributed by atoms with E-state index in [4.69, 9.17) is 0 Å². The Morgan fingerprint density at radius 1 is 1.53 bits per heavy atom. The lowest BCUT2D eigenvalue weighted by molar-refractivity contribution is -0.188. The molecule has 0 bridgehead atoms. The molecule has 5 heteroatoms. The first kappa shape index (κ1) is 12.8. The van der Waals surface area contributed by atoms with Gasteiger partial charge >= 0.3 is 0 Å². The summed E-state index contributed by atoms with van der Waals surface area (Å²) in [5.74, 6) is 0. The Hall–Kier alpha value is -0.230. The van der Waals surface area contributed by atoms with Gasteiger partial charge in [0.15, 0.2) is 0 Å². The standard InChI is InChI=1S/C10H22FN3O/c1-14(2)6-5-12-8-9-7-10(15-11)3-4-13-9/h9-10,12-13H,3-8H2,1-2H3. The molecule has 0 aromatic rings. The molecule has 4 nitrogen and oxygen atoms in total. The van der Waals surface area contributed by atoms with Crippen molar-refractivity contribution in [2.24, 2.45) is 0 Å². The second-order valence-electron chi connectivity index (χ2n) is 4.39. The van der Waals surface area contributed by atoms with E-state index in [0.717, 1.165) is 39.0 Å². The van der Waals surface area contributed by atoms with Crippen molar-refractivity contribution >= 4 is 0 Å². The summed E-state index contributed by atoms with van der Waals surface area (Å²) in [6, 6.07) is 0.335. The highest BCUT2D eigenvalue weighted by atomic mass is 19.3. The van der Waals surface area contributed by atoms with E-state index < -0.39 is 0 Å². The van der Waals surface area contributed by atoms with Gasteiger partial charge in [0.05, 0.1) is 0 Å². The Morgan fingerprint density at radius 2 is 2.33 bits per heavy atom. The first-order chi connectivity index (χ1) is 7.22. The van der Waals surface area contributed by atoms with Crippen LogP contribution in [-0.2, 0) is 4.94 Å². The van der Waals surface area contributed by atoms with Crippen LogP contribution in [0.3, 0.4) is 0 Å². The van der Waals surface area contributed by atoms with Crippen molar-refractivity contribution in [2.75, 3.05) is 40.3 Å². The number of likely N-dealkylation sites (N-methyl/N-ethyl adjacent to an activating group) is 1. The Morgan fingerprint density at radius 3 is 3.00 bits per heavy atom. The second kappa shape index (κ2) is 7.11. The number of halogens is 1. The summed E-state index contributed by atoms with van der Waals surface area (Å²) in [6.07, 6.45) is 1.31. The van der Waals surface area contributed by atoms with Crippen LogP contribution in [0.1, 0.15) is 12.8 Å². The van der Waals surface area contributed by atoms with Crippen molar-refractivity contribution in [1.82, 2.24) is 15.5 Å². The molecule has 0 aliphatic carbocycles. The molecule has 2 atom stereocenters. The molecule has 0 amide bonds. The lowest BCUT2D eigenvalue weighted by Crippen LogP contribution is -2.47. The molecule has 90 valence electrons. The third-order valence-electron chi connectivity index (χ3n) is 2.70. The van der Waals surface area contributed by atoms with E-state index in [1.807, 2.05) is 14.1 Å². The van der Waals surface area contributed by atoms with Crippen molar-refractivity contribution in [3.05, 3.63) is 0 Å². The van der Waals surface area contributed by atoms with E-state index in [1.165, 1.54) is 0 Å². The Bertz CT molecular complexity index is 169. The highest BCUT2D eigenvalue weighted by molar-refractivity contribution is 4.79. The van der Waals surface area contributed by atoms with Gasteiger partial charge in [-0.05, 0) is 38.0 Å². The molecule has 2 unspecified atom stereocenters. The summed E-state index contributed by atoms with van der Waals surface area (Å²) in [7, 11) is 4.10. The number of rotatable bonds is 6. The fraction of sp³-hybridized carbons (Fsp3) is 1.00. The summed E-state index contributed by atoms with van der Waals surface area (Å²) in [5.41, 5.74) is 0. The zero-order valence-electron chi connectivity index (χ0n) is 9.63. The van der Waals surface area contributed by atoms with Gasteiger partial charge in [-0.3, -0.25) is 0 Å². The Labute approximate surface area is 91.1 Å². The highest BCUT2D eigenvalue weighted by Crippen LogP contribution is 2.11. The fourth-order valence-electron chi connectivity index (χ4n) is 1.78. The van der Waals surface area contributed by atoms with Gasteiger partial charge in [0.1, 0.15) is 6.10 Å². The first-order valence-electron chi connectivity index (χ1n) is 5.58. The first-order valence-corrected chi connectivity index (χ1v) is 5.58. The summed E-state index contributed by atoms with van der Waals surface area (Å²) in [6.45, 7) is 3.71. The maximum absolute atomic E-state index is 12.0. The van der Waals surface area contributed by atoms with Crippen molar-refractivity contribution < 1.29 is 9.47 Å². The van der Waals surface area contributed by atoms with Crippen LogP contribution in [0.4, 0.5) is 4.53 Å². The second-order valence-corrected chi connectivity index (χ2v) is 4.39. The molecule has 2 N–H and O–H groups in total. The maximum Gasteiger partial charge on any atom is 0.101 e. The van der Waals surface area contributed by atoms with Gasteiger partial charge in [0, 0.05) is 25.7 Å². The van der Waals surface area contributed by atoms with E-state index in [0.29, 0.717) is 6.04 Å². The van der Waals surface area contributed by atoms with Crippen LogP contribution in [0.25, 0.3) is 0 Å². The van der Waals surface area contributed by atoms with Crippen LogP contribution >= 0.6 is 0 Å². The SMILES string of the molecule is CN(C)CCNCC1CC(OF)CCN1. The number of hydrogen-bond donors (Lipinski definition) is 2. The Kier molecular flexibility index (Phi) is 6.09. The van der Waals surface area contributed by atoms with Crippen molar-refractivity contribution in [3.63, 3.8) is 0 Å². The van der Waals surface area contributed by atoms with Crippen LogP contribution in [-0.4, -0.2) is 57.3 Å². The summed E-state index contributed by atoms with van der Waals surface area (Å²) in [4.78, 5) is 6.02. The van der Waals surface area contributed by atoms with Crippen LogP contribution in [0.5, 0.6) is 0 Å². The highest BCUT2D eigenvalue weighted by Gasteiger charge is 2.22. The minimum atomic E-state index is -0.216. The number of nitrogens with zero attached hydrogens (tertiary/aromatic N) is 1. The molecule has 1 rings (SSSR count). The largest absolute Gasteiger partial charge is 0.314 e. The molecule has 1 aliphatic rings. The van der Waals surface area contributed by atoms with Crippen LogP contribution in [0.15, 0.2) is 0 Å². The predicted molar refractivity (Wildman–Crippen MR) is 58.4 cm³/mol. The monoisotopic (exact) mass is 219 g/mol. The number of hydrogen-bond acceptors (Lipinski definition) is 4. The van der Waals surface area contributed by atoms with E-state index >= 15 is 0 Å². The molecule has 1 fully saturated rings. The van der Waals surface area contributed by atoms with Gasteiger partial charge in [0.2, 0.25) is 0 Å². The van der Waals surface area contributed by atoms with Gasteiger partial charge in [-0.25, -0.2) is 0 Å². The van der Waals surface area contributed by atoms with E-state index in [9.17, 15) is 4.53 Å². The molecule has 0 radical (unpaired) electrons. The average molecular weight is 219 g/mol. The maximum atomic E-state index is 12.0. The molecule has 1 aliphatic heterocycles. The smallest absolute Gasteiger partial charge is 0.101 e. The van der Waals surface area contributed by atoms with Crippen molar-refractivity contribution in [2.45, 2.75) is 25.0 Å². The number of nitrogens with one attached hydrogen (secondary N) is 2. The quantitative estimate of drug-likeness (QED) is 0.624. The van der Waals surface area contributed by atoms with Gasteiger partial charge in [-0.2, -0.15) is 4.94 Å². The number of piperidine rings is 1. The Balaban J connectivity index is 2.05. The molecule has 0 aromatic carbocycles. The zero-order valence-corrected chi connectivity index (χ0v) is 9.63. The molecule has 0 spiro atoms. The molecule has 0 saturated carbocycles. The lowest BCUT2D eigenvalue weighted by atomic mass is 10.0. The van der Waals surface area contributed by atoms with E-state index in [2.05, 4.69) is 20.5 Å². The molecular formula is C10H22FN3O. The molecular weight excluding hydrogens is 197 g/mol. The topological polar surface area (TPSA) is 36.5 Å². The molecule has 0 aromatic heterocycles. The lowest BCUT2D eigenvalue weighted by Gasteiger charge is -2.28. The molecule has 1 heterocycles. The third kappa shape index (κ3) is 5.41. The van der Waals surface area contributed by atoms with Crippen LogP contribution in [0, 0.1) is 0 Å². The normalized spacial score (nSPS) is 27.2. The zero-order chi connectivity index (χ0) is 11.1.